The van der Waals surface area contributed by atoms with Gasteiger partial charge in [-0.05, 0) is 38.9 Å². The Hall–Kier alpha value is -1.79. The molecule has 2 aromatic heterocycles. The van der Waals surface area contributed by atoms with Gasteiger partial charge in [0.2, 0.25) is 11.7 Å². The van der Waals surface area contributed by atoms with Crippen molar-refractivity contribution in [2.24, 2.45) is 0 Å². The van der Waals surface area contributed by atoms with Crippen molar-refractivity contribution < 1.29 is 4.52 Å². The van der Waals surface area contributed by atoms with E-state index in [1.807, 2.05) is 25.2 Å². The van der Waals surface area contributed by atoms with Crippen molar-refractivity contribution in [3.05, 3.63) is 30.3 Å². The van der Waals surface area contributed by atoms with Crippen molar-refractivity contribution in [1.29, 1.82) is 0 Å². The lowest BCUT2D eigenvalue weighted by molar-refractivity contribution is 0.133. The van der Waals surface area contributed by atoms with E-state index in [2.05, 4.69) is 32.3 Å². The van der Waals surface area contributed by atoms with E-state index in [1.165, 1.54) is 0 Å². The van der Waals surface area contributed by atoms with Crippen LogP contribution in [0.5, 0.6) is 0 Å². The Morgan fingerprint density at radius 3 is 2.81 bits per heavy atom. The summed E-state index contributed by atoms with van der Waals surface area (Å²) in [5.74, 6) is 1.21. The van der Waals surface area contributed by atoms with Gasteiger partial charge in [-0.2, -0.15) is 4.98 Å². The van der Waals surface area contributed by atoms with Crippen LogP contribution in [-0.4, -0.2) is 45.7 Å². The van der Waals surface area contributed by atoms with Crippen LogP contribution >= 0.6 is 0 Å². The van der Waals surface area contributed by atoms with Crippen molar-refractivity contribution in [3.63, 3.8) is 0 Å². The number of hydrogen-bond acceptors (Lipinski definition) is 6. The van der Waals surface area contributed by atoms with E-state index in [0.29, 0.717) is 18.3 Å². The Bertz CT molecular complexity index is 575. The number of rotatable bonds is 4. The summed E-state index contributed by atoms with van der Waals surface area (Å²) in [6, 6.07) is 5.67. The van der Waals surface area contributed by atoms with Gasteiger partial charge in [-0.25, -0.2) is 0 Å². The Kier molecular flexibility index (Phi) is 3.98. The molecule has 6 heteroatoms. The van der Waals surface area contributed by atoms with Crippen molar-refractivity contribution >= 4 is 0 Å². The fourth-order valence-corrected chi connectivity index (χ4v) is 2.56. The van der Waals surface area contributed by atoms with Crippen LogP contribution < -0.4 is 5.32 Å². The van der Waals surface area contributed by atoms with Gasteiger partial charge < -0.3 is 9.84 Å². The fourth-order valence-electron chi connectivity index (χ4n) is 2.56. The van der Waals surface area contributed by atoms with E-state index in [9.17, 15) is 0 Å². The molecule has 0 amide bonds. The van der Waals surface area contributed by atoms with Crippen LogP contribution in [-0.2, 0) is 6.54 Å². The molecule has 112 valence electrons. The van der Waals surface area contributed by atoms with E-state index < -0.39 is 0 Å². The molecule has 1 saturated heterocycles. The molecule has 0 atom stereocenters. The highest BCUT2D eigenvalue weighted by atomic mass is 16.5. The highest BCUT2D eigenvalue weighted by molar-refractivity contribution is 5.46. The van der Waals surface area contributed by atoms with Crippen molar-refractivity contribution in [2.75, 3.05) is 20.1 Å². The summed E-state index contributed by atoms with van der Waals surface area (Å²) in [7, 11) is 2.03. The second-order valence-electron chi connectivity index (χ2n) is 5.81. The third-order valence-corrected chi connectivity index (χ3v) is 4.28. The molecule has 0 bridgehead atoms. The summed E-state index contributed by atoms with van der Waals surface area (Å²) in [5, 5.41) is 7.41. The molecule has 0 saturated carbocycles. The summed E-state index contributed by atoms with van der Waals surface area (Å²) in [6.45, 7) is 5.06. The molecule has 0 unspecified atom stereocenters. The van der Waals surface area contributed by atoms with Gasteiger partial charge in [-0.3, -0.25) is 9.88 Å². The molecule has 3 rings (SSSR count). The molecule has 1 fully saturated rings. The first-order valence-electron chi connectivity index (χ1n) is 7.34. The van der Waals surface area contributed by atoms with E-state index in [0.717, 1.165) is 31.6 Å². The lowest BCUT2D eigenvalue weighted by Gasteiger charge is -2.38. The number of aromatic nitrogens is 3. The largest absolute Gasteiger partial charge is 0.337 e. The summed E-state index contributed by atoms with van der Waals surface area (Å²) in [6.07, 6.45) is 3.99. The molecule has 6 nitrogen and oxygen atoms in total. The number of pyridine rings is 1. The molecular weight excluding hydrogens is 266 g/mol. The Labute approximate surface area is 124 Å². The maximum Gasteiger partial charge on any atom is 0.241 e. The first-order chi connectivity index (χ1) is 10.2. The topological polar surface area (TPSA) is 67.1 Å². The number of hydrogen-bond donors (Lipinski definition) is 1. The van der Waals surface area contributed by atoms with Gasteiger partial charge in [0.15, 0.2) is 0 Å². The average Bonchev–Trinajstić information content (AvgIpc) is 2.99. The Morgan fingerprint density at radius 1 is 1.33 bits per heavy atom. The predicted octanol–water partition coefficient (Wildman–Crippen LogP) is 1.71. The molecule has 1 N–H and O–H groups in total. The fraction of sp³-hybridized carbons (Fsp3) is 0.533. The molecule has 1 aliphatic heterocycles. The molecule has 21 heavy (non-hydrogen) atoms. The highest BCUT2D eigenvalue weighted by Crippen LogP contribution is 2.22. The first kappa shape index (κ1) is 14.2. The van der Waals surface area contributed by atoms with E-state index in [-0.39, 0.29) is 5.54 Å². The van der Waals surface area contributed by atoms with Crippen LogP contribution in [0.2, 0.25) is 0 Å². The van der Waals surface area contributed by atoms with Crippen LogP contribution in [0.3, 0.4) is 0 Å². The number of nitrogens with one attached hydrogen (secondary N) is 1. The summed E-state index contributed by atoms with van der Waals surface area (Å²) >= 11 is 0. The lowest BCUT2D eigenvalue weighted by atomic mass is 9.90. The first-order valence-corrected chi connectivity index (χ1v) is 7.34. The van der Waals surface area contributed by atoms with Gasteiger partial charge in [-0.1, -0.05) is 11.2 Å². The van der Waals surface area contributed by atoms with Gasteiger partial charge in [0, 0.05) is 24.8 Å². The monoisotopic (exact) mass is 287 g/mol. The minimum atomic E-state index is 0.254. The van der Waals surface area contributed by atoms with Gasteiger partial charge in [0.1, 0.15) is 5.69 Å². The normalized spacial score (nSPS) is 18.8. The highest BCUT2D eigenvalue weighted by Gasteiger charge is 2.28. The van der Waals surface area contributed by atoms with Crippen molar-refractivity contribution in [2.45, 2.75) is 31.8 Å². The zero-order chi connectivity index (χ0) is 14.7. The van der Waals surface area contributed by atoms with Crippen LogP contribution in [0.25, 0.3) is 11.5 Å². The van der Waals surface area contributed by atoms with Gasteiger partial charge in [0.05, 0.1) is 6.54 Å². The van der Waals surface area contributed by atoms with Crippen LogP contribution in [0.1, 0.15) is 25.7 Å². The average molecular weight is 287 g/mol. The Balaban J connectivity index is 1.61. The van der Waals surface area contributed by atoms with Gasteiger partial charge >= 0.3 is 0 Å². The standard InChI is InChI=1S/C15H21N5O/c1-15(16-2)6-9-20(10-7-15)11-13-18-14(19-21-13)12-5-3-4-8-17-12/h3-5,8,16H,6-7,9-11H2,1-2H3. The number of likely N-dealkylation sites (tertiary alicyclic amines) is 1. The minimum absolute atomic E-state index is 0.254. The quantitative estimate of drug-likeness (QED) is 0.923. The third-order valence-electron chi connectivity index (χ3n) is 4.28. The molecule has 2 aromatic rings. The maximum atomic E-state index is 5.34. The molecular formula is C15H21N5O. The predicted molar refractivity (Wildman–Crippen MR) is 79.5 cm³/mol. The minimum Gasteiger partial charge on any atom is -0.337 e. The third kappa shape index (κ3) is 3.28. The summed E-state index contributed by atoms with van der Waals surface area (Å²) in [4.78, 5) is 11.0. The van der Waals surface area contributed by atoms with E-state index in [1.54, 1.807) is 6.20 Å². The second-order valence-corrected chi connectivity index (χ2v) is 5.81. The number of piperidine rings is 1. The van der Waals surface area contributed by atoms with Crippen LogP contribution in [0, 0.1) is 0 Å². The molecule has 0 spiro atoms. The van der Waals surface area contributed by atoms with Crippen molar-refractivity contribution in [3.8, 4) is 11.5 Å². The molecule has 0 aliphatic carbocycles. The second kappa shape index (κ2) is 5.91. The summed E-state index contributed by atoms with van der Waals surface area (Å²) in [5.41, 5.74) is 0.999. The molecule has 0 radical (unpaired) electrons. The maximum absolute atomic E-state index is 5.34. The van der Waals surface area contributed by atoms with Gasteiger partial charge in [0.25, 0.3) is 0 Å². The summed E-state index contributed by atoms with van der Waals surface area (Å²) < 4.78 is 5.34. The van der Waals surface area contributed by atoms with E-state index >= 15 is 0 Å². The zero-order valence-corrected chi connectivity index (χ0v) is 12.5. The van der Waals surface area contributed by atoms with Crippen LogP contribution in [0.15, 0.2) is 28.9 Å². The molecule has 0 aromatic carbocycles. The zero-order valence-electron chi connectivity index (χ0n) is 12.5. The van der Waals surface area contributed by atoms with E-state index in [4.69, 9.17) is 4.52 Å². The lowest BCUT2D eigenvalue weighted by Crippen LogP contribution is -2.49. The SMILES string of the molecule is CNC1(C)CCN(Cc2nc(-c3ccccn3)no2)CC1. The van der Waals surface area contributed by atoms with Crippen molar-refractivity contribution in [1.82, 2.24) is 25.3 Å². The molecule has 3 heterocycles. The molecule has 1 aliphatic rings. The smallest absolute Gasteiger partial charge is 0.241 e. The number of nitrogens with zero attached hydrogens (tertiary/aromatic N) is 4. The Morgan fingerprint density at radius 2 is 2.14 bits per heavy atom. The van der Waals surface area contributed by atoms with Gasteiger partial charge in [-0.15, -0.1) is 0 Å². The van der Waals surface area contributed by atoms with Crippen LogP contribution in [0.4, 0.5) is 0 Å².